The highest BCUT2D eigenvalue weighted by molar-refractivity contribution is 5.78. The number of fused-ring (bicyclic) bond motifs is 1. The van der Waals surface area contributed by atoms with Crippen LogP contribution in [0.5, 0.6) is 5.75 Å². The van der Waals surface area contributed by atoms with Gasteiger partial charge < -0.3 is 19.3 Å². The largest absolute Gasteiger partial charge is 0.487 e. The number of rotatable bonds is 6. The lowest BCUT2D eigenvalue weighted by Crippen LogP contribution is -2.41. The van der Waals surface area contributed by atoms with Crippen molar-refractivity contribution in [3.8, 4) is 17.0 Å². The highest BCUT2D eigenvalue weighted by Crippen LogP contribution is 2.32. The molecule has 1 fully saturated rings. The number of nitrogens with zero attached hydrogens (tertiary/aromatic N) is 5. The van der Waals surface area contributed by atoms with Crippen molar-refractivity contribution in [3.63, 3.8) is 0 Å². The fourth-order valence-electron chi connectivity index (χ4n) is 4.48. The molecule has 0 atom stereocenters. The summed E-state index contributed by atoms with van der Waals surface area (Å²) in [7, 11) is 1.50. The summed E-state index contributed by atoms with van der Waals surface area (Å²) in [5, 5.41) is 6.89. The first-order valence-corrected chi connectivity index (χ1v) is 11.5. The number of carbonyl (C=O) groups is 1. The Kier molecular flexibility index (Phi) is 6.58. The van der Waals surface area contributed by atoms with E-state index in [4.69, 9.17) is 19.4 Å². The molecule has 35 heavy (non-hydrogen) atoms. The summed E-state index contributed by atoms with van der Waals surface area (Å²) < 4.78 is 38.0. The van der Waals surface area contributed by atoms with Gasteiger partial charge in [-0.25, -0.2) is 18.7 Å². The molecule has 1 N–H and O–H groups in total. The molecule has 4 heterocycles. The Morgan fingerprint density at radius 2 is 2.00 bits per heavy atom. The zero-order valence-electron chi connectivity index (χ0n) is 19.3. The Labute approximate surface area is 201 Å². The molecular formula is C24H26F2N6O3. The molecule has 0 radical (unpaired) electrons. The van der Waals surface area contributed by atoms with E-state index in [-0.39, 0.29) is 24.4 Å². The molecule has 9 nitrogen and oxygen atoms in total. The molecule has 1 aromatic carbocycles. The molecule has 1 saturated heterocycles. The molecule has 1 amide bonds. The molecular weight excluding hydrogens is 458 g/mol. The summed E-state index contributed by atoms with van der Waals surface area (Å²) in [5.41, 5.74) is 3.15. The predicted molar refractivity (Wildman–Crippen MR) is 123 cm³/mol. The van der Waals surface area contributed by atoms with Gasteiger partial charge >= 0.3 is 0 Å². The first-order valence-electron chi connectivity index (χ1n) is 11.5. The van der Waals surface area contributed by atoms with Crippen molar-refractivity contribution in [2.24, 2.45) is 0 Å². The summed E-state index contributed by atoms with van der Waals surface area (Å²) >= 11 is 0. The van der Waals surface area contributed by atoms with Gasteiger partial charge in [0.15, 0.2) is 17.4 Å². The highest BCUT2D eigenvalue weighted by atomic mass is 19.1. The van der Waals surface area contributed by atoms with Gasteiger partial charge in [0.25, 0.3) is 0 Å². The Morgan fingerprint density at radius 3 is 2.71 bits per heavy atom. The van der Waals surface area contributed by atoms with Crippen molar-refractivity contribution in [3.05, 3.63) is 53.6 Å². The number of aromatic nitrogens is 4. The van der Waals surface area contributed by atoms with Crippen LogP contribution in [0.2, 0.25) is 0 Å². The quantitative estimate of drug-likeness (QED) is 0.575. The normalized spacial score (nSPS) is 16.3. The summed E-state index contributed by atoms with van der Waals surface area (Å²) in [6.07, 6.45) is 5.20. The van der Waals surface area contributed by atoms with Gasteiger partial charge in [-0.2, -0.15) is 5.10 Å². The molecule has 0 spiro atoms. The fourth-order valence-corrected chi connectivity index (χ4v) is 4.48. The highest BCUT2D eigenvalue weighted by Gasteiger charge is 2.29. The van der Waals surface area contributed by atoms with Gasteiger partial charge in [-0.15, -0.1) is 0 Å². The summed E-state index contributed by atoms with van der Waals surface area (Å²) in [5.74, 6) is -0.589. The van der Waals surface area contributed by atoms with Gasteiger partial charge in [0, 0.05) is 63.8 Å². The molecule has 184 valence electrons. The predicted octanol–water partition coefficient (Wildman–Crippen LogP) is 2.72. The number of H-pyrrole nitrogens is 1. The van der Waals surface area contributed by atoms with Crippen molar-refractivity contribution < 1.29 is 23.0 Å². The zero-order chi connectivity index (χ0) is 24.4. The molecule has 5 rings (SSSR count). The lowest BCUT2D eigenvalue weighted by molar-refractivity contribution is -0.136. The summed E-state index contributed by atoms with van der Waals surface area (Å²) in [6, 6.07) is 3.34. The first-order chi connectivity index (χ1) is 17.0. The van der Waals surface area contributed by atoms with E-state index in [0.29, 0.717) is 51.1 Å². The zero-order valence-corrected chi connectivity index (χ0v) is 19.3. The number of carbonyl (C=O) groups excluding carboxylic acids is 1. The average Bonchev–Trinajstić information content (AvgIpc) is 3.40. The van der Waals surface area contributed by atoms with E-state index < -0.39 is 11.6 Å². The van der Waals surface area contributed by atoms with Gasteiger partial charge in [0.1, 0.15) is 24.2 Å². The standard InChI is InChI=1S/C24H26F2N6O3/c1-34-14-22(33)32-9-6-19-20(13-32)29-23(15-11-27-28-12-15)24(30-19)31-7-4-17(5-8-31)35-21-3-2-16(25)10-18(21)26/h2-3,10-12,17H,4-9,13-14H2,1H3,(H,27,28). The van der Waals surface area contributed by atoms with Crippen LogP contribution >= 0.6 is 0 Å². The molecule has 0 saturated carbocycles. The Morgan fingerprint density at radius 1 is 1.17 bits per heavy atom. The van der Waals surface area contributed by atoms with E-state index in [1.807, 2.05) is 0 Å². The van der Waals surface area contributed by atoms with E-state index in [0.717, 1.165) is 28.8 Å². The van der Waals surface area contributed by atoms with Crippen LogP contribution in [0.4, 0.5) is 14.6 Å². The van der Waals surface area contributed by atoms with E-state index >= 15 is 0 Å². The van der Waals surface area contributed by atoms with Gasteiger partial charge in [-0.05, 0) is 12.1 Å². The van der Waals surface area contributed by atoms with E-state index in [1.54, 1.807) is 17.3 Å². The minimum absolute atomic E-state index is 0.0360. The maximum absolute atomic E-state index is 14.0. The molecule has 0 bridgehead atoms. The third kappa shape index (κ3) is 4.95. The van der Waals surface area contributed by atoms with Crippen LogP contribution < -0.4 is 9.64 Å². The molecule has 2 aliphatic heterocycles. The van der Waals surface area contributed by atoms with Crippen LogP contribution in [0.15, 0.2) is 30.6 Å². The Bertz CT molecular complexity index is 1200. The van der Waals surface area contributed by atoms with Crippen LogP contribution in [0.25, 0.3) is 11.3 Å². The monoisotopic (exact) mass is 484 g/mol. The van der Waals surface area contributed by atoms with E-state index in [2.05, 4.69) is 15.1 Å². The number of hydrogen-bond donors (Lipinski definition) is 1. The number of amides is 1. The minimum Gasteiger partial charge on any atom is -0.487 e. The van der Waals surface area contributed by atoms with Crippen molar-refractivity contribution >= 4 is 11.7 Å². The summed E-state index contributed by atoms with van der Waals surface area (Å²) in [4.78, 5) is 26.1. The molecule has 2 aromatic heterocycles. The smallest absolute Gasteiger partial charge is 0.248 e. The number of anilines is 1. The van der Waals surface area contributed by atoms with Gasteiger partial charge in [-0.1, -0.05) is 0 Å². The number of hydrogen-bond acceptors (Lipinski definition) is 7. The second kappa shape index (κ2) is 9.95. The van der Waals surface area contributed by atoms with Gasteiger partial charge in [0.2, 0.25) is 5.91 Å². The second-order valence-electron chi connectivity index (χ2n) is 8.65. The summed E-state index contributed by atoms with van der Waals surface area (Å²) in [6.45, 7) is 2.27. The van der Waals surface area contributed by atoms with Crippen LogP contribution in [0, 0.1) is 11.6 Å². The fraction of sp³-hybridized carbons (Fsp3) is 0.417. The Hall–Kier alpha value is -3.60. The molecule has 2 aliphatic rings. The molecule has 3 aromatic rings. The van der Waals surface area contributed by atoms with Crippen molar-refractivity contribution in [1.29, 1.82) is 0 Å². The van der Waals surface area contributed by atoms with Crippen molar-refractivity contribution in [1.82, 2.24) is 25.1 Å². The van der Waals surface area contributed by atoms with Crippen LogP contribution in [-0.2, 0) is 22.5 Å². The third-order valence-corrected chi connectivity index (χ3v) is 6.31. The van der Waals surface area contributed by atoms with Crippen molar-refractivity contribution in [2.45, 2.75) is 31.9 Å². The maximum Gasteiger partial charge on any atom is 0.248 e. The lowest BCUT2D eigenvalue weighted by atomic mass is 10.1. The number of aromatic amines is 1. The maximum atomic E-state index is 14.0. The van der Waals surface area contributed by atoms with Gasteiger partial charge in [-0.3, -0.25) is 9.89 Å². The van der Waals surface area contributed by atoms with E-state index in [1.165, 1.54) is 19.2 Å². The minimum atomic E-state index is -0.701. The van der Waals surface area contributed by atoms with Crippen LogP contribution in [0.1, 0.15) is 24.2 Å². The topological polar surface area (TPSA) is 96.5 Å². The Balaban J connectivity index is 1.35. The van der Waals surface area contributed by atoms with E-state index in [9.17, 15) is 13.6 Å². The number of ether oxygens (including phenoxy) is 2. The van der Waals surface area contributed by atoms with Gasteiger partial charge in [0.05, 0.1) is 24.1 Å². The SMILES string of the molecule is COCC(=O)N1CCc2nc(N3CCC(Oc4ccc(F)cc4F)CC3)c(-c3cn[nH]c3)nc2C1. The first kappa shape index (κ1) is 23.2. The van der Waals surface area contributed by atoms with Crippen LogP contribution in [0.3, 0.4) is 0 Å². The molecule has 11 heteroatoms. The number of piperidine rings is 1. The molecule has 0 unspecified atom stereocenters. The molecule has 0 aliphatic carbocycles. The second-order valence-corrected chi connectivity index (χ2v) is 8.65. The third-order valence-electron chi connectivity index (χ3n) is 6.31. The lowest BCUT2D eigenvalue weighted by Gasteiger charge is -2.35. The average molecular weight is 485 g/mol. The van der Waals surface area contributed by atoms with Crippen LogP contribution in [-0.4, -0.2) is 70.4 Å². The number of halogens is 2. The number of methoxy groups -OCH3 is 1. The number of benzene rings is 1. The number of nitrogens with one attached hydrogen (secondary N) is 1. The van der Waals surface area contributed by atoms with Crippen molar-refractivity contribution in [2.75, 3.05) is 38.3 Å².